The highest BCUT2D eigenvalue weighted by atomic mass is 16.3. The van der Waals surface area contributed by atoms with Gasteiger partial charge < -0.3 is 35.7 Å². The number of aliphatic hydroxyl groups excluding tert-OH is 7. The van der Waals surface area contributed by atoms with Crippen LogP contribution in [0.3, 0.4) is 0 Å². The molecule has 0 aliphatic heterocycles. The molecule has 0 saturated carbocycles. The maximum absolute atomic E-state index is 8.17. The molecule has 0 aliphatic rings. The fourth-order valence-electron chi connectivity index (χ4n) is 0.128. The summed E-state index contributed by atoms with van der Waals surface area (Å²) >= 11 is 0. The molecule has 7 nitrogen and oxygen atoms in total. The number of hydrogen-bond donors (Lipinski definition) is 7. The van der Waals surface area contributed by atoms with Crippen LogP contribution in [0.1, 0.15) is 6.42 Å². The molecule has 0 bridgehead atoms. The van der Waals surface area contributed by atoms with Crippen LogP contribution in [0.2, 0.25) is 0 Å². The van der Waals surface area contributed by atoms with Gasteiger partial charge in [-0.1, -0.05) is 0 Å². The van der Waals surface area contributed by atoms with E-state index < -0.39 is 6.10 Å². The van der Waals surface area contributed by atoms with E-state index in [1.165, 1.54) is 0 Å². The van der Waals surface area contributed by atoms with Gasteiger partial charge in [-0.2, -0.15) is 0 Å². The lowest BCUT2D eigenvalue weighted by atomic mass is 10.4. The Morgan fingerprint density at radius 2 is 1.00 bits per heavy atom. The monoisotopic (exact) mass is 232 g/mol. The Hall–Kier alpha value is -0.280. The molecule has 0 aliphatic carbocycles. The zero-order valence-corrected chi connectivity index (χ0v) is 9.24. The van der Waals surface area contributed by atoms with E-state index in [-0.39, 0.29) is 26.4 Å². The topological polar surface area (TPSA) is 142 Å². The van der Waals surface area contributed by atoms with Crippen LogP contribution in [-0.4, -0.2) is 82.5 Å². The lowest BCUT2D eigenvalue weighted by molar-refractivity contribution is 0.0450. The quantitative estimate of drug-likeness (QED) is 0.272. The van der Waals surface area contributed by atoms with Crippen molar-refractivity contribution >= 4 is 0 Å². The number of hydrogen-bond acceptors (Lipinski definition) is 7. The fourth-order valence-corrected chi connectivity index (χ4v) is 0.128. The van der Waals surface area contributed by atoms with Gasteiger partial charge in [-0.3, -0.25) is 0 Å². The van der Waals surface area contributed by atoms with Gasteiger partial charge in [0.25, 0.3) is 0 Å². The van der Waals surface area contributed by atoms with Crippen molar-refractivity contribution in [3.05, 3.63) is 0 Å². The molecular weight excluding hydrogens is 208 g/mol. The Morgan fingerprint density at radius 1 is 0.733 bits per heavy atom. The maximum atomic E-state index is 8.17. The largest absolute Gasteiger partial charge is 0.400 e. The third kappa shape index (κ3) is 57.6. The summed E-state index contributed by atoms with van der Waals surface area (Å²) in [6.45, 7) is -0.542. The zero-order valence-electron chi connectivity index (χ0n) is 9.24. The Bertz CT molecular complexity index is 57.0. The second-order valence-electron chi connectivity index (χ2n) is 1.82. The molecule has 15 heavy (non-hydrogen) atoms. The van der Waals surface area contributed by atoms with E-state index >= 15 is 0 Å². The highest BCUT2D eigenvalue weighted by Gasteiger charge is 1.93. The molecule has 0 aromatic carbocycles. The van der Waals surface area contributed by atoms with Gasteiger partial charge in [0.05, 0.1) is 13.2 Å². The van der Waals surface area contributed by atoms with Crippen LogP contribution in [0, 0.1) is 0 Å². The summed E-state index contributed by atoms with van der Waals surface area (Å²) in [4.78, 5) is 0. The van der Waals surface area contributed by atoms with Crippen LogP contribution in [0.5, 0.6) is 0 Å². The van der Waals surface area contributed by atoms with Crippen LogP contribution in [-0.2, 0) is 0 Å². The average Bonchev–Trinajstić information content (AvgIpc) is 2.35. The summed E-state index contributed by atoms with van der Waals surface area (Å²) in [6.07, 6.45) is -0.454. The summed E-state index contributed by atoms with van der Waals surface area (Å²) in [5, 5.41) is 53.8. The molecule has 0 radical (unpaired) electrons. The molecule has 0 amide bonds. The second kappa shape index (κ2) is 37.2. The molecule has 0 aromatic heterocycles. The average molecular weight is 232 g/mol. The van der Waals surface area contributed by atoms with Crippen LogP contribution in [0.25, 0.3) is 0 Å². The third-order valence-electron chi connectivity index (χ3n) is 0.738. The molecule has 0 atom stereocenters. The minimum Gasteiger partial charge on any atom is -0.400 e. The van der Waals surface area contributed by atoms with Gasteiger partial charge >= 0.3 is 0 Å². The Morgan fingerprint density at radius 3 is 1.00 bits per heavy atom. The maximum Gasteiger partial charge on any atom is 0.100 e. The summed E-state index contributed by atoms with van der Waals surface area (Å²) < 4.78 is 0. The van der Waals surface area contributed by atoms with E-state index in [0.717, 1.165) is 14.2 Å². The standard InChI is InChI=1S/C3H8O3.C3H8O2.2CH4O/c4-1-3(6)2-5;4-2-1-3-5;2*1-2/h3-6H,1-2H2;4-5H,1-3H2;2*2H,1H3. The predicted molar refractivity (Wildman–Crippen MR) is 55.3 cm³/mol. The smallest absolute Gasteiger partial charge is 0.100 e. The highest BCUT2D eigenvalue weighted by molar-refractivity contribution is 4.43. The van der Waals surface area contributed by atoms with Gasteiger partial charge in [0, 0.05) is 27.4 Å². The minimum absolute atomic E-state index is 0.0938. The molecule has 0 aromatic rings. The Labute approximate surface area is 89.9 Å². The summed E-state index contributed by atoms with van der Waals surface area (Å²) in [5.74, 6) is 0. The molecule has 0 heterocycles. The van der Waals surface area contributed by atoms with Crippen molar-refractivity contribution < 1.29 is 35.7 Å². The van der Waals surface area contributed by atoms with Gasteiger partial charge in [0.15, 0.2) is 0 Å². The van der Waals surface area contributed by atoms with Crippen molar-refractivity contribution in [3.8, 4) is 0 Å². The Balaban J connectivity index is -0.0000000610. The number of rotatable bonds is 4. The van der Waals surface area contributed by atoms with E-state index in [4.69, 9.17) is 35.7 Å². The molecule has 0 spiro atoms. The van der Waals surface area contributed by atoms with E-state index in [0.29, 0.717) is 6.42 Å². The van der Waals surface area contributed by atoms with Gasteiger partial charge in [-0.25, -0.2) is 0 Å². The molecule has 0 rings (SSSR count). The van der Waals surface area contributed by atoms with Crippen molar-refractivity contribution in [2.45, 2.75) is 12.5 Å². The molecule has 0 fully saturated rings. The zero-order chi connectivity index (χ0) is 13.1. The predicted octanol–water partition coefficient (Wildman–Crippen LogP) is -3.09. The van der Waals surface area contributed by atoms with E-state index in [1.807, 2.05) is 0 Å². The van der Waals surface area contributed by atoms with E-state index in [9.17, 15) is 0 Å². The van der Waals surface area contributed by atoms with E-state index in [1.54, 1.807) is 0 Å². The third-order valence-corrected chi connectivity index (χ3v) is 0.738. The molecular formula is C8H24O7. The van der Waals surface area contributed by atoms with Crippen LogP contribution >= 0.6 is 0 Å². The first-order valence-electron chi connectivity index (χ1n) is 4.23. The van der Waals surface area contributed by atoms with E-state index in [2.05, 4.69) is 0 Å². The SMILES string of the molecule is CO.CO.OCC(O)CO.OCCCO. The lowest BCUT2D eigenvalue weighted by Gasteiger charge is -1.96. The minimum atomic E-state index is -0.954. The second-order valence-corrected chi connectivity index (χ2v) is 1.82. The van der Waals surface area contributed by atoms with Crippen molar-refractivity contribution in [1.29, 1.82) is 0 Å². The first-order chi connectivity index (χ1) is 7.22. The van der Waals surface area contributed by atoms with Crippen LogP contribution in [0.15, 0.2) is 0 Å². The Kier molecular flexibility index (Phi) is 59.9. The van der Waals surface area contributed by atoms with Gasteiger partial charge in [-0.15, -0.1) is 0 Å². The molecule has 7 heteroatoms. The molecule has 98 valence electrons. The summed E-state index contributed by atoms with van der Waals surface area (Å²) in [5.41, 5.74) is 0. The number of aliphatic hydroxyl groups is 7. The van der Waals surface area contributed by atoms with Crippen molar-refractivity contribution in [3.63, 3.8) is 0 Å². The van der Waals surface area contributed by atoms with Crippen molar-refractivity contribution in [2.75, 3.05) is 40.6 Å². The van der Waals surface area contributed by atoms with Crippen molar-refractivity contribution in [2.24, 2.45) is 0 Å². The molecule has 0 unspecified atom stereocenters. The first kappa shape index (κ1) is 24.1. The van der Waals surface area contributed by atoms with Crippen LogP contribution in [0.4, 0.5) is 0 Å². The highest BCUT2D eigenvalue weighted by Crippen LogP contribution is 1.71. The summed E-state index contributed by atoms with van der Waals surface area (Å²) in [7, 11) is 2.00. The first-order valence-corrected chi connectivity index (χ1v) is 4.23. The van der Waals surface area contributed by atoms with Gasteiger partial charge in [0.1, 0.15) is 6.10 Å². The van der Waals surface area contributed by atoms with Crippen LogP contribution < -0.4 is 0 Å². The van der Waals surface area contributed by atoms with Crippen molar-refractivity contribution in [1.82, 2.24) is 0 Å². The normalized spacial score (nSPS) is 7.60. The molecule has 0 saturated heterocycles. The summed E-state index contributed by atoms with van der Waals surface area (Å²) in [6, 6.07) is 0. The fraction of sp³-hybridized carbons (Fsp3) is 1.00. The van der Waals surface area contributed by atoms with Gasteiger partial charge in [0.2, 0.25) is 0 Å². The lowest BCUT2D eigenvalue weighted by Crippen LogP contribution is -2.15. The molecule has 7 N–H and O–H groups in total. The van der Waals surface area contributed by atoms with Gasteiger partial charge in [-0.05, 0) is 6.42 Å².